The third kappa shape index (κ3) is 4.35. The van der Waals surface area contributed by atoms with Gasteiger partial charge < -0.3 is 30.6 Å². The summed E-state index contributed by atoms with van der Waals surface area (Å²) in [6.07, 6.45) is -9.52. The lowest BCUT2D eigenvalue weighted by Crippen LogP contribution is -2.51. The van der Waals surface area contributed by atoms with Crippen molar-refractivity contribution >= 4 is 0 Å². The Morgan fingerprint density at radius 2 is 1.38 bits per heavy atom. The van der Waals surface area contributed by atoms with Crippen LogP contribution in [0.15, 0.2) is 0 Å². The Labute approximate surface area is 90.3 Å². The molecule has 16 heavy (non-hydrogen) atoms. The zero-order chi connectivity index (χ0) is 12.9. The van der Waals surface area contributed by atoms with Gasteiger partial charge in [0.15, 0.2) is 0 Å². The van der Waals surface area contributed by atoms with Crippen molar-refractivity contribution in [1.82, 2.24) is 0 Å². The van der Waals surface area contributed by atoms with Gasteiger partial charge >= 0.3 is 0 Å². The highest BCUT2D eigenvalue weighted by molar-refractivity contribution is 4.84. The molecule has 0 bridgehead atoms. The van der Waals surface area contributed by atoms with Crippen LogP contribution in [0.1, 0.15) is 0 Å². The highest BCUT2D eigenvalue weighted by Gasteiger charge is 2.35. The van der Waals surface area contributed by atoms with E-state index in [0.29, 0.717) is 0 Å². The van der Waals surface area contributed by atoms with Crippen molar-refractivity contribution in [3.63, 3.8) is 0 Å². The van der Waals surface area contributed by atoms with Gasteiger partial charge in [-0.05, 0) is 0 Å². The number of hydrogen-bond donors (Lipinski definition) is 6. The van der Waals surface area contributed by atoms with Crippen molar-refractivity contribution in [3.05, 3.63) is 10.1 Å². The minimum absolute atomic E-state index is 0.865. The molecule has 0 aromatic rings. The molecule has 0 aliphatic carbocycles. The first-order valence-corrected chi connectivity index (χ1v) is 4.44. The second kappa shape index (κ2) is 6.68. The van der Waals surface area contributed by atoms with Crippen molar-refractivity contribution in [1.29, 1.82) is 0 Å². The number of aliphatic hydroxyl groups is 6. The molecule has 5 atom stereocenters. The third-order valence-corrected chi connectivity index (χ3v) is 2.01. The molecule has 0 saturated heterocycles. The maximum absolute atomic E-state index is 10.00. The molecule has 0 unspecified atom stereocenters. The summed E-state index contributed by atoms with van der Waals surface area (Å²) in [6.45, 7) is -1.88. The Hall–Kier alpha value is -0.840. The molecule has 0 amide bonds. The number of hydrogen-bond acceptors (Lipinski definition) is 8. The average molecular weight is 241 g/mol. The highest BCUT2D eigenvalue weighted by Crippen LogP contribution is 2.08. The molecule has 6 N–H and O–H groups in total. The molecule has 0 heterocycles. The summed E-state index contributed by atoms with van der Waals surface area (Å²) in [5.74, 6) is 0. The summed E-state index contributed by atoms with van der Waals surface area (Å²) in [5.41, 5.74) is 0. The van der Waals surface area contributed by atoms with E-state index in [-0.39, 0.29) is 0 Å². The van der Waals surface area contributed by atoms with Crippen LogP contribution in [0, 0.1) is 10.1 Å². The average Bonchev–Trinajstić information content (AvgIpc) is 2.23. The summed E-state index contributed by atoms with van der Waals surface area (Å²) >= 11 is 0. The van der Waals surface area contributed by atoms with E-state index >= 15 is 0 Å². The van der Waals surface area contributed by atoms with Gasteiger partial charge in [-0.3, -0.25) is 10.1 Å². The highest BCUT2D eigenvalue weighted by atomic mass is 16.6. The van der Waals surface area contributed by atoms with Crippen LogP contribution in [0.3, 0.4) is 0 Å². The number of nitrogens with zero attached hydrogens (tertiary/aromatic N) is 1. The van der Waals surface area contributed by atoms with Crippen LogP contribution >= 0.6 is 0 Å². The lowest BCUT2D eigenvalue weighted by molar-refractivity contribution is -0.493. The molecule has 0 saturated carbocycles. The minimum atomic E-state index is -2.00. The Morgan fingerprint density at radius 3 is 1.75 bits per heavy atom. The second-order valence-corrected chi connectivity index (χ2v) is 3.30. The largest absolute Gasteiger partial charge is 0.394 e. The van der Waals surface area contributed by atoms with Gasteiger partial charge in [-0.15, -0.1) is 0 Å². The van der Waals surface area contributed by atoms with Crippen LogP contribution in [-0.2, 0) is 0 Å². The number of aliphatic hydroxyl groups excluding tert-OH is 6. The lowest BCUT2D eigenvalue weighted by atomic mass is 9.99. The second-order valence-electron chi connectivity index (χ2n) is 3.30. The normalized spacial score (nSPS) is 20.9. The molecule has 0 aliphatic rings. The molecule has 9 nitrogen and oxygen atoms in total. The maximum atomic E-state index is 10.00. The molecular weight excluding hydrogens is 226 g/mol. The molecule has 0 aromatic carbocycles. The van der Waals surface area contributed by atoms with Gasteiger partial charge in [0.2, 0.25) is 6.54 Å². The summed E-state index contributed by atoms with van der Waals surface area (Å²) in [5, 5.41) is 64.0. The van der Waals surface area contributed by atoms with Gasteiger partial charge in [-0.25, -0.2) is 0 Å². The Balaban J connectivity index is 4.35. The smallest absolute Gasteiger partial charge is 0.232 e. The van der Waals surface area contributed by atoms with Crippen LogP contribution in [0.2, 0.25) is 0 Å². The van der Waals surface area contributed by atoms with Crippen molar-refractivity contribution in [2.75, 3.05) is 13.2 Å². The summed E-state index contributed by atoms with van der Waals surface area (Å²) < 4.78 is 0. The predicted octanol–water partition coefficient (Wildman–Crippen LogP) is -3.94. The van der Waals surface area contributed by atoms with Crippen LogP contribution in [-0.4, -0.2) is 79.2 Å². The van der Waals surface area contributed by atoms with Crippen molar-refractivity contribution in [2.24, 2.45) is 0 Å². The Morgan fingerprint density at radius 1 is 0.938 bits per heavy atom. The number of rotatable bonds is 7. The minimum Gasteiger partial charge on any atom is -0.394 e. The maximum Gasteiger partial charge on any atom is 0.232 e. The van der Waals surface area contributed by atoms with Crippen LogP contribution < -0.4 is 0 Å². The van der Waals surface area contributed by atoms with Gasteiger partial charge in [0, 0.05) is 4.92 Å². The third-order valence-electron chi connectivity index (χ3n) is 2.01. The zero-order valence-electron chi connectivity index (χ0n) is 8.25. The van der Waals surface area contributed by atoms with Crippen molar-refractivity contribution < 1.29 is 35.6 Å². The van der Waals surface area contributed by atoms with Gasteiger partial charge in [-0.2, -0.15) is 0 Å². The van der Waals surface area contributed by atoms with E-state index in [1.165, 1.54) is 0 Å². The van der Waals surface area contributed by atoms with E-state index in [4.69, 9.17) is 20.4 Å². The molecule has 0 rings (SSSR count). The lowest BCUT2D eigenvalue weighted by Gasteiger charge is -2.26. The van der Waals surface area contributed by atoms with Crippen LogP contribution in [0.4, 0.5) is 0 Å². The molecule has 0 spiro atoms. The SMILES string of the molecule is O=[N+]([O-])C[C@@H](O)[C@@H](O)[C@H](O)[C@H](O)[C@H](O)CO. The molecule has 0 aliphatic heterocycles. The Bertz CT molecular complexity index is 224. The van der Waals surface area contributed by atoms with E-state index < -0.39 is 48.6 Å². The Kier molecular flexibility index (Phi) is 6.33. The molecule has 96 valence electrons. The first-order chi connectivity index (χ1) is 7.31. The summed E-state index contributed by atoms with van der Waals surface area (Å²) in [7, 11) is 0. The van der Waals surface area contributed by atoms with Crippen molar-refractivity contribution in [3.8, 4) is 0 Å². The molecule has 0 fully saturated rings. The predicted molar refractivity (Wildman–Crippen MR) is 49.0 cm³/mol. The fourth-order valence-corrected chi connectivity index (χ4v) is 1.03. The summed E-state index contributed by atoms with van der Waals surface area (Å²) in [4.78, 5) is 9.09. The van der Waals surface area contributed by atoms with E-state index in [1.54, 1.807) is 0 Å². The van der Waals surface area contributed by atoms with Gasteiger partial charge in [-0.1, -0.05) is 0 Å². The fourth-order valence-electron chi connectivity index (χ4n) is 1.03. The standard InChI is InChI=1S/C7H15NO8/c9-2-4(11)6(13)7(14)5(12)3(10)1-8(15)16/h3-7,9-14H,1-2H2/t3-,4-,5-,6-,7+/m1/s1. The topological polar surface area (TPSA) is 165 Å². The van der Waals surface area contributed by atoms with E-state index in [1.807, 2.05) is 0 Å². The molecule has 9 heteroatoms. The van der Waals surface area contributed by atoms with Gasteiger partial charge in [0.1, 0.15) is 30.5 Å². The zero-order valence-corrected chi connectivity index (χ0v) is 8.25. The van der Waals surface area contributed by atoms with E-state index in [0.717, 1.165) is 0 Å². The van der Waals surface area contributed by atoms with E-state index in [9.17, 15) is 20.3 Å². The van der Waals surface area contributed by atoms with Crippen LogP contribution in [0.5, 0.6) is 0 Å². The molecule has 0 radical (unpaired) electrons. The van der Waals surface area contributed by atoms with Gasteiger partial charge in [0.25, 0.3) is 0 Å². The van der Waals surface area contributed by atoms with Crippen molar-refractivity contribution in [2.45, 2.75) is 30.5 Å². The van der Waals surface area contributed by atoms with Gasteiger partial charge in [0.05, 0.1) is 6.61 Å². The molecule has 0 aromatic heterocycles. The first-order valence-electron chi connectivity index (χ1n) is 4.44. The quantitative estimate of drug-likeness (QED) is 0.194. The van der Waals surface area contributed by atoms with E-state index in [2.05, 4.69) is 0 Å². The first kappa shape index (κ1) is 15.2. The fraction of sp³-hybridized carbons (Fsp3) is 1.00. The monoisotopic (exact) mass is 241 g/mol. The van der Waals surface area contributed by atoms with Crippen LogP contribution in [0.25, 0.3) is 0 Å². The molecular formula is C7H15NO8. The summed E-state index contributed by atoms with van der Waals surface area (Å²) in [6, 6.07) is 0. The number of nitro groups is 1.